The summed E-state index contributed by atoms with van der Waals surface area (Å²) in [6.07, 6.45) is 2.81. The Balaban J connectivity index is 3.49. The fourth-order valence-electron chi connectivity index (χ4n) is 1.10. The molecule has 2 unspecified atom stereocenters. The molecule has 2 atom stereocenters. The van der Waals surface area contributed by atoms with E-state index in [1.165, 1.54) is 0 Å². The lowest BCUT2D eigenvalue weighted by Crippen LogP contribution is -2.18. The minimum atomic E-state index is -0.744. The van der Waals surface area contributed by atoms with Crippen LogP contribution >= 0.6 is 0 Å². The van der Waals surface area contributed by atoms with E-state index in [-0.39, 0.29) is 12.0 Å². The van der Waals surface area contributed by atoms with Crippen LogP contribution in [-0.4, -0.2) is 23.8 Å². The third-order valence-electron chi connectivity index (χ3n) is 2.01. The molecule has 0 radical (unpaired) electrons. The summed E-state index contributed by atoms with van der Waals surface area (Å²) in [5.41, 5.74) is 0. The maximum absolute atomic E-state index is 10.5. The van der Waals surface area contributed by atoms with E-state index >= 15 is 0 Å². The van der Waals surface area contributed by atoms with Crippen LogP contribution in [0, 0.1) is 5.92 Å². The van der Waals surface area contributed by atoms with E-state index in [0.717, 1.165) is 19.4 Å². The van der Waals surface area contributed by atoms with Gasteiger partial charge in [-0.2, -0.15) is 0 Å². The van der Waals surface area contributed by atoms with Gasteiger partial charge < -0.3 is 9.84 Å². The Hall–Kier alpha value is -0.570. The molecule has 0 fully saturated rings. The molecule has 13 heavy (non-hydrogen) atoms. The van der Waals surface area contributed by atoms with Crippen molar-refractivity contribution in [2.45, 2.75) is 46.1 Å². The van der Waals surface area contributed by atoms with Crippen molar-refractivity contribution in [1.82, 2.24) is 0 Å². The van der Waals surface area contributed by atoms with E-state index in [1.807, 2.05) is 6.92 Å². The minimum absolute atomic E-state index is 0.0534. The molecule has 3 heteroatoms. The first-order valence-corrected chi connectivity index (χ1v) is 4.92. The van der Waals surface area contributed by atoms with E-state index in [1.54, 1.807) is 6.92 Å². The molecule has 0 aliphatic heterocycles. The van der Waals surface area contributed by atoms with Crippen LogP contribution in [0.5, 0.6) is 0 Å². The summed E-state index contributed by atoms with van der Waals surface area (Å²) < 4.78 is 5.44. The van der Waals surface area contributed by atoms with Crippen LogP contribution in [0.2, 0.25) is 0 Å². The van der Waals surface area contributed by atoms with E-state index in [9.17, 15) is 4.79 Å². The first-order chi connectivity index (χ1) is 6.07. The molecule has 78 valence electrons. The Morgan fingerprint density at radius 3 is 2.54 bits per heavy atom. The molecule has 0 aromatic carbocycles. The summed E-state index contributed by atoms with van der Waals surface area (Å²) in [6, 6.07) is 0. The average molecular weight is 188 g/mol. The van der Waals surface area contributed by atoms with Crippen LogP contribution < -0.4 is 0 Å². The highest BCUT2D eigenvalue weighted by Crippen LogP contribution is 2.09. The second-order valence-electron chi connectivity index (χ2n) is 3.51. The fourth-order valence-corrected chi connectivity index (χ4v) is 1.10. The summed E-state index contributed by atoms with van der Waals surface area (Å²) in [4.78, 5) is 10.5. The lowest BCUT2D eigenvalue weighted by Gasteiger charge is -2.14. The zero-order valence-electron chi connectivity index (χ0n) is 8.75. The topological polar surface area (TPSA) is 46.5 Å². The van der Waals surface area contributed by atoms with Crippen LogP contribution in [0.4, 0.5) is 0 Å². The van der Waals surface area contributed by atoms with Crippen molar-refractivity contribution in [3.8, 4) is 0 Å². The molecule has 0 rings (SSSR count). The highest BCUT2D eigenvalue weighted by atomic mass is 16.5. The van der Waals surface area contributed by atoms with Crippen LogP contribution in [0.25, 0.3) is 0 Å². The van der Waals surface area contributed by atoms with Gasteiger partial charge in [0, 0.05) is 6.61 Å². The molecule has 0 heterocycles. The summed E-state index contributed by atoms with van der Waals surface area (Å²) >= 11 is 0. The molecular weight excluding hydrogens is 168 g/mol. The van der Waals surface area contributed by atoms with Crippen molar-refractivity contribution in [2.75, 3.05) is 6.61 Å². The van der Waals surface area contributed by atoms with Crippen LogP contribution in [0.1, 0.15) is 40.0 Å². The number of ether oxygens (including phenoxy) is 1. The largest absolute Gasteiger partial charge is 0.481 e. The zero-order valence-corrected chi connectivity index (χ0v) is 8.75. The third-order valence-corrected chi connectivity index (χ3v) is 2.01. The van der Waals surface area contributed by atoms with Crippen molar-refractivity contribution >= 4 is 5.97 Å². The van der Waals surface area contributed by atoms with Crippen LogP contribution in [-0.2, 0) is 9.53 Å². The molecule has 0 aliphatic rings. The molecule has 0 aliphatic carbocycles. The summed E-state index contributed by atoms with van der Waals surface area (Å²) in [6.45, 7) is 6.48. The Labute approximate surface area is 80.1 Å². The average Bonchev–Trinajstić information content (AvgIpc) is 2.04. The van der Waals surface area contributed by atoms with Crippen molar-refractivity contribution in [1.29, 1.82) is 0 Å². The number of hydrogen-bond acceptors (Lipinski definition) is 2. The molecule has 0 spiro atoms. The van der Waals surface area contributed by atoms with Gasteiger partial charge in [-0.25, -0.2) is 0 Å². The number of rotatable bonds is 7. The van der Waals surface area contributed by atoms with Crippen molar-refractivity contribution < 1.29 is 14.6 Å². The predicted molar refractivity (Wildman–Crippen MR) is 51.7 cm³/mol. The second-order valence-corrected chi connectivity index (χ2v) is 3.51. The molecule has 0 amide bonds. The Bertz CT molecular complexity index is 145. The van der Waals surface area contributed by atoms with Gasteiger partial charge in [0.05, 0.1) is 12.0 Å². The molecule has 0 aromatic rings. The molecule has 0 saturated carbocycles. The number of carboxylic acid groups (broad SMARTS) is 1. The minimum Gasteiger partial charge on any atom is -0.481 e. The standard InChI is InChI=1S/C10H20O3/c1-4-5-6-13-9(3)7-8(2)10(11)12/h8-9H,4-7H2,1-3H3,(H,11,12). The smallest absolute Gasteiger partial charge is 0.306 e. The maximum atomic E-state index is 10.5. The van der Waals surface area contributed by atoms with Gasteiger partial charge in [0.25, 0.3) is 0 Å². The van der Waals surface area contributed by atoms with Gasteiger partial charge in [0.15, 0.2) is 0 Å². The number of unbranched alkanes of at least 4 members (excludes halogenated alkanes) is 1. The highest BCUT2D eigenvalue weighted by molar-refractivity contribution is 5.69. The molecule has 0 saturated heterocycles. The van der Waals surface area contributed by atoms with Gasteiger partial charge in [0.2, 0.25) is 0 Å². The van der Waals surface area contributed by atoms with Gasteiger partial charge in [-0.1, -0.05) is 20.3 Å². The predicted octanol–water partition coefficient (Wildman–Crippen LogP) is 2.30. The summed E-state index contributed by atoms with van der Waals surface area (Å²) in [5.74, 6) is -1.05. The van der Waals surface area contributed by atoms with E-state index in [0.29, 0.717) is 6.42 Å². The molecular formula is C10H20O3. The summed E-state index contributed by atoms with van der Waals surface area (Å²) in [5, 5.41) is 8.65. The number of carbonyl (C=O) groups is 1. The van der Waals surface area contributed by atoms with Crippen LogP contribution in [0.15, 0.2) is 0 Å². The molecule has 0 aromatic heterocycles. The maximum Gasteiger partial charge on any atom is 0.306 e. The lowest BCUT2D eigenvalue weighted by atomic mass is 10.1. The van der Waals surface area contributed by atoms with Gasteiger partial charge in [-0.3, -0.25) is 4.79 Å². The summed E-state index contributed by atoms with van der Waals surface area (Å²) in [7, 11) is 0. The molecule has 3 nitrogen and oxygen atoms in total. The zero-order chi connectivity index (χ0) is 10.3. The SMILES string of the molecule is CCCCOC(C)CC(C)C(=O)O. The van der Waals surface area contributed by atoms with Crippen molar-refractivity contribution in [2.24, 2.45) is 5.92 Å². The fraction of sp³-hybridized carbons (Fsp3) is 0.900. The first kappa shape index (κ1) is 12.4. The van der Waals surface area contributed by atoms with E-state index in [4.69, 9.17) is 9.84 Å². The third kappa shape index (κ3) is 6.58. The lowest BCUT2D eigenvalue weighted by molar-refractivity contribution is -0.142. The Morgan fingerprint density at radius 1 is 1.46 bits per heavy atom. The van der Waals surface area contributed by atoms with E-state index < -0.39 is 5.97 Å². The quantitative estimate of drug-likeness (QED) is 0.623. The van der Waals surface area contributed by atoms with Gasteiger partial charge >= 0.3 is 5.97 Å². The van der Waals surface area contributed by atoms with E-state index in [2.05, 4.69) is 6.92 Å². The van der Waals surface area contributed by atoms with Crippen molar-refractivity contribution in [3.63, 3.8) is 0 Å². The van der Waals surface area contributed by atoms with Crippen molar-refractivity contribution in [3.05, 3.63) is 0 Å². The van der Waals surface area contributed by atoms with Gasteiger partial charge in [-0.05, 0) is 19.8 Å². The number of hydrogen-bond donors (Lipinski definition) is 1. The molecule has 0 bridgehead atoms. The first-order valence-electron chi connectivity index (χ1n) is 4.92. The van der Waals surface area contributed by atoms with Gasteiger partial charge in [0.1, 0.15) is 0 Å². The number of aliphatic carboxylic acids is 1. The second kappa shape index (κ2) is 6.89. The Kier molecular flexibility index (Phi) is 6.59. The van der Waals surface area contributed by atoms with Gasteiger partial charge in [-0.15, -0.1) is 0 Å². The monoisotopic (exact) mass is 188 g/mol. The normalized spacial score (nSPS) is 15.3. The molecule has 1 N–H and O–H groups in total. The van der Waals surface area contributed by atoms with Crippen LogP contribution in [0.3, 0.4) is 0 Å². The Morgan fingerprint density at radius 2 is 2.08 bits per heavy atom. The number of carboxylic acids is 1. The highest BCUT2D eigenvalue weighted by Gasteiger charge is 2.14.